The fourth-order valence-corrected chi connectivity index (χ4v) is 4.05. The van der Waals surface area contributed by atoms with Gasteiger partial charge in [-0.15, -0.1) is 0 Å². The van der Waals surface area contributed by atoms with Crippen LogP contribution >= 0.6 is 0 Å². The molecule has 0 radical (unpaired) electrons. The van der Waals surface area contributed by atoms with Crippen molar-refractivity contribution in [2.75, 3.05) is 38.1 Å². The van der Waals surface area contributed by atoms with Crippen LogP contribution in [0.4, 0.5) is 10.2 Å². The minimum Gasteiger partial charge on any atom is -0.352 e. The number of hydrogen-bond donors (Lipinski definition) is 0. The highest BCUT2D eigenvalue weighted by atomic mass is 19.1. The Labute approximate surface area is 190 Å². The van der Waals surface area contributed by atoms with E-state index in [0.29, 0.717) is 18.8 Å². The molecule has 4 aromatic heterocycles. The highest BCUT2D eigenvalue weighted by molar-refractivity contribution is 5.98. The molecule has 1 saturated heterocycles. The van der Waals surface area contributed by atoms with Gasteiger partial charge in [-0.05, 0) is 25.2 Å². The Balaban J connectivity index is 1.39. The summed E-state index contributed by atoms with van der Waals surface area (Å²) in [5.41, 5.74) is 3.22. The number of aryl methyl sites for hydroxylation is 1. The minimum absolute atomic E-state index is 0.00380. The Kier molecular flexibility index (Phi) is 5.55. The van der Waals surface area contributed by atoms with Crippen LogP contribution < -0.4 is 4.90 Å². The number of halogens is 1. The van der Waals surface area contributed by atoms with Gasteiger partial charge in [0.2, 0.25) is 0 Å². The van der Waals surface area contributed by atoms with Crippen LogP contribution in [0, 0.1) is 5.82 Å². The zero-order valence-corrected chi connectivity index (χ0v) is 18.6. The second-order valence-electron chi connectivity index (χ2n) is 8.38. The second kappa shape index (κ2) is 8.67. The highest BCUT2D eigenvalue weighted by Gasteiger charge is 2.23. The Morgan fingerprint density at radius 2 is 1.82 bits per heavy atom. The first-order valence-electron chi connectivity index (χ1n) is 10.8. The number of carbonyl (C=O) groups is 1. The molecule has 0 spiro atoms. The van der Waals surface area contributed by atoms with Crippen molar-refractivity contribution in [3.63, 3.8) is 0 Å². The molecule has 0 saturated carbocycles. The van der Waals surface area contributed by atoms with Crippen molar-refractivity contribution in [1.82, 2.24) is 29.6 Å². The number of piperazine rings is 1. The van der Waals surface area contributed by atoms with Crippen molar-refractivity contribution in [2.45, 2.75) is 6.42 Å². The molecule has 0 amide bonds. The van der Waals surface area contributed by atoms with Crippen LogP contribution in [0.3, 0.4) is 0 Å². The number of fused-ring (bicyclic) bond motifs is 1. The number of nitrogens with zero attached hydrogens (tertiary/aromatic N) is 7. The summed E-state index contributed by atoms with van der Waals surface area (Å²) in [6.45, 7) is 3.01. The van der Waals surface area contributed by atoms with E-state index in [1.807, 2.05) is 37.3 Å². The zero-order valence-electron chi connectivity index (χ0n) is 18.6. The number of hydrogen-bond acceptors (Lipinski definition) is 7. The van der Waals surface area contributed by atoms with Gasteiger partial charge in [0, 0.05) is 74.0 Å². The van der Waals surface area contributed by atoms with Gasteiger partial charge in [-0.1, -0.05) is 0 Å². The third kappa shape index (κ3) is 4.31. The van der Waals surface area contributed by atoms with Gasteiger partial charge in [0.1, 0.15) is 0 Å². The highest BCUT2D eigenvalue weighted by Crippen LogP contribution is 2.24. The van der Waals surface area contributed by atoms with Crippen molar-refractivity contribution in [3.05, 3.63) is 66.3 Å². The molecule has 0 N–H and O–H groups in total. The smallest absolute Gasteiger partial charge is 0.176 e. The lowest BCUT2D eigenvalue weighted by atomic mass is 10.0. The molecule has 0 atom stereocenters. The summed E-state index contributed by atoms with van der Waals surface area (Å²) in [5, 5.41) is 5.07. The monoisotopic (exact) mass is 445 g/mol. The van der Waals surface area contributed by atoms with Gasteiger partial charge < -0.3 is 9.80 Å². The fraction of sp³-hybridized carbons (Fsp3) is 0.292. The van der Waals surface area contributed by atoms with Gasteiger partial charge in [0.05, 0.1) is 29.9 Å². The third-order valence-corrected chi connectivity index (χ3v) is 5.98. The molecule has 5 heterocycles. The van der Waals surface area contributed by atoms with Gasteiger partial charge in [0.15, 0.2) is 17.4 Å². The molecule has 168 valence electrons. The predicted octanol–water partition coefficient (Wildman–Crippen LogP) is 2.74. The fourth-order valence-electron chi connectivity index (χ4n) is 4.05. The number of carbonyl (C=O) groups excluding carboxylic acids is 1. The molecule has 8 nitrogen and oxygen atoms in total. The van der Waals surface area contributed by atoms with Gasteiger partial charge in [-0.25, -0.2) is 9.37 Å². The molecule has 0 unspecified atom stereocenters. The normalized spacial score (nSPS) is 14.7. The molecule has 1 fully saturated rings. The zero-order chi connectivity index (χ0) is 22.9. The summed E-state index contributed by atoms with van der Waals surface area (Å²) in [6, 6.07) is 5.27. The summed E-state index contributed by atoms with van der Waals surface area (Å²) in [4.78, 5) is 30.1. The van der Waals surface area contributed by atoms with Crippen LogP contribution in [0.1, 0.15) is 16.1 Å². The molecule has 0 bridgehead atoms. The first-order valence-corrected chi connectivity index (χ1v) is 10.8. The van der Waals surface area contributed by atoms with E-state index in [4.69, 9.17) is 0 Å². The quantitative estimate of drug-likeness (QED) is 0.437. The molecular weight excluding hydrogens is 421 g/mol. The predicted molar refractivity (Wildman–Crippen MR) is 124 cm³/mol. The van der Waals surface area contributed by atoms with Crippen molar-refractivity contribution >= 4 is 22.5 Å². The third-order valence-electron chi connectivity index (χ3n) is 5.98. The molecular formula is C24H24FN7O. The molecule has 1 aliphatic rings. The van der Waals surface area contributed by atoms with Crippen molar-refractivity contribution in [1.29, 1.82) is 0 Å². The van der Waals surface area contributed by atoms with Crippen molar-refractivity contribution in [2.24, 2.45) is 7.05 Å². The Hall–Kier alpha value is -3.72. The Bertz CT molecular complexity index is 1330. The van der Waals surface area contributed by atoms with Crippen LogP contribution in [0.5, 0.6) is 0 Å². The van der Waals surface area contributed by atoms with E-state index in [-0.39, 0.29) is 23.6 Å². The number of ketones is 1. The van der Waals surface area contributed by atoms with Crippen LogP contribution in [0.15, 0.2) is 49.2 Å². The first kappa shape index (κ1) is 21.1. The number of pyridine rings is 3. The van der Waals surface area contributed by atoms with E-state index >= 15 is 4.39 Å². The van der Waals surface area contributed by atoms with Crippen LogP contribution in [-0.4, -0.2) is 68.6 Å². The van der Waals surface area contributed by atoms with Gasteiger partial charge in [0.25, 0.3) is 0 Å². The number of aromatic nitrogens is 5. The number of Topliss-reactive ketones (excluding diaryl/α,β-unsaturated/α-hetero) is 1. The lowest BCUT2D eigenvalue weighted by Gasteiger charge is -2.33. The molecule has 9 heteroatoms. The summed E-state index contributed by atoms with van der Waals surface area (Å²) < 4.78 is 17.0. The van der Waals surface area contributed by atoms with E-state index < -0.39 is 5.82 Å². The summed E-state index contributed by atoms with van der Waals surface area (Å²) >= 11 is 0. The molecule has 0 aliphatic carbocycles. The Morgan fingerprint density at radius 1 is 1.00 bits per heavy atom. The SMILES string of the molecule is CN1CCN(c2nccc(C(=O)Cc3cc4cc(-c5cnn(C)c5)cnc4cn3)c2F)CC1. The van der Waals surface area contributed by atoms with E-state index in [2.05, 4.69) is 25.0 Å². The molecule has 0 aromatic carbocycles. The van der Waals surface area contributed by atoms with Crippen LogP contribution in [0.2, 0.25) is 0 Å². The molecule has 33 heavy (non-hydrogen) atoms. The minimum atomic E-state index is -0.562. The van der Waals surface area contributed by atoms with E-state index in [1.165, 1.54) is 12.3 Å². The lowest BCUT2D eigenvalue weighted by molar-refractivity contribution is 0.0988. The maximum Gasteiger partial charge on any atom is 0.176 e. The maximum atomic E-state index is 15.2. The number of likely N-dealkylation sites (N-methyl/N-ethyl adjacent to an activating group) is 1. The van der Waals surface area contributed by atoms with Crippen LogP contribution in [-0.2, 0) is 13.5 Å². The van der Waals surface area contributed by atoms with Gasteiger partial charge >= 0.3 is 0 Å². The van der Waals surface area contributed by atoms with Gasteiger partial charge in [-0.2, -0.15) is 5.10 Å². The molecule has 5 rings (SSSR count). The standard InChI is InChI=1S/C24H24FN7O/c1-30-5-7-32(8-6-30)24-23(25)20(3-4-26-24)22(33)11-19-10-16-9-17(12-28-21(16)14-27-19)18-13-29-31(2)15-18/h3-4,9-10,12-15H,5-8,11H2,1-2H3. The average Bonchev–Trinajstić information content (AvgIpc) is 3.25. The summed E-state index contributed by atoms with van der Waals surface area (Å²) in [6.07, 6.45) is 8.61. The maximum absolute atomic E-state index is 15.2. The van der Waals surface area contributed by atoms with Crippen LogP contribution in [0.25, 0.3) is 22.0 Å². The lowest BCUT2D eigenvalue weighted by Crippen LogP contribution is -2.45. The van der Waals surface area contributed by atoms with Gasteiger partial charge in [-0.3, -0.25) is 19.4 Å². The number of anilines is 1. The second-order valence-corrected chi connectivity index (χ2v) is 8.38. The Morgan fingerprint density at radius 3 is 2.58 bits per heavy atom. The van der Waals surface area contributed by atoms with E-state index in [0.717, 1.165) is 35.1 Å². The molecule has 1 aliphatic heterocycles. The van der Waals surface area contributed by atoms with E-state index in [1.54, 1.807) is 23.3 Å². The van der Waals surface area contributed by atoms with E-state index in [9.17, 15) is 4.79 Å². The average molecular weight is 446 g/mol. The first-order chi connectivity index (χ1) is 16.0. The summed E-state index contributed by atoms with van der Waals surface area (Å²) in [5.74, 6) is -0.646. The number of rotatable bonds is 5. The van der Waals surface area contributed by atoms with Crippen molar-refractivity contribution in [3.8, 4) is 11.1 Å². The topological polar surface area (TPSA) is 80.0 Å². The molecule has 4 aromatic rings. The summed E-state index contributed by atoms with van der Waals surface area (Å²) in [7, 11) is 3.89. The van der Waals surface area contributed by atoms with Crippen molar-refractivity contribution < 1.29 is 9.18 Å². The largest absolute Gasteiger partial charge is 0.352 e.